The molecule has 5 nitrogen and oxygen atoms in total. The van der Waals surface area contributed by atoms with Crippen LogP contribution in [0.25, 0.3) is 5.65 Å². The number of hydrogen-bond donors (Lipinski definition) is 0. The molecule has 0 aliphatic heterocycles. The van der Waals surface area contributed by atoms with Gasteiger partial charge in [0.25, 0.3) is 10.0 Å². The molecule has 2 aromatic heterocycles. The van der Waals surface area contributed by atoms with Crippen LogP contribution in [0.1, 0.15) is 5.69 Å². The molecular formula is C26H22N3O2PS. The van der Waals surface area contributed by atoms with Gasteiger partial charge < -0.3 is 0 Å². The van der Waals surface area contributed by atoms with E-state index in [-0.39, 0.29) is 4.90 Å². The van der Waals surface area contributed by atoms with Crippen molar-refractivity contribution in [2.45, 2.75) is 11.8 Å². The Bertz CT molecular complexity index is 1540. The van der Waals surface area contributed by atoms with E-state index in [0.29, 0.717) is 0 Å². The molecule has 0 bridgehead atoms. The molecule has 0 amide bonds. The Hall–Kier alpha value is -3.47. The fourth-order valence-electron chi connectivity index (χ4n) is 4.11. The number of rotatable bonds is 5. The van der Waals surface area contributed by atoms with Crippen molar-refractivity contribution in [1.82, 2.24) is 9.38 Å². The van der Waals surface area contributed by atoms with Crippen molar-refractivity contribution in [2.24, 2.45) is 4.15 Å². The van der Waals surface area contributed by atoms with Gasteiger partial charge in [-0.05, 0) is 31.2 Å². The molecule has 0 saturated heterocycles. The molecule has 0 N–H and O–H groups in total. The molecule has 0 radical (unpaired) electrons. The van der Waals surface area contributed by atoms with E-state index in [4.69, 9.17) is 9.13 Å². The maximum absolute atomic E-state index is 13.8. The van der Waals surface area contributed by atoms with Gasteiger partial charge in [-0.3, -0.25) is 4.40 Å². The number of aryl methyl sites for hydroxylation is 1. The third-order valence-electron chi connectivity index (χ3n) is 5.51. The van der Waals surface area contributed by atoms with E-state index >= 15 is 0 Å². The zero-order valence-electron chi connectivity index (χ0n) is 18.0. The fourth-order valence-corrected chi connectivity index (χ4v) is 10.3. The van der Waals surface area contributed by atoms with Crippen molar-refractivity contribution >= 4 is 38.8 Å². The third kappa shape index (κ3) is 3.71. The summed E-state index contributed by atoms with van der Waals surface area (Å²) >= 11 is 0. The minimum absolute atomic E-state index is 0.174. The zero-order chi connectivity index (χ0) is 22.9. The van der Waals surface area contributed by atoms with E-state index in [1.165, 1.54) is 0 Å². The molecule has 5 rings (SSSR count). The maximum Gasteiger partial charge on any atom is 0.281 e. The third-order valence-corrected chi connectivity index (χ3v) is 11.5. The first kappa shape index (κ1) is 21.4. The zero-order valence-corrected chi connectivity index (χ0v) is 19.7. The molecule has 0 saturated carbocycles. The lowest BCUT2D eigenvalue weighted by molar-refractivity contribution is 0.598. The number of hydrogen-bond acceptors (Lipinski definition) is 3. The van der Waals surface area contributed by atoms with Crippen molar-refractivity contribution in [3.05, 3.63) is 121 Å². The van der Waals surface area contributed by atoms with Crippen LogP contribution in [0.5, 0.6) is 0 Å². The summed E-state index contributed by atoms with van der Waals surface area (Å²) in [6, 6.07) is 33.6. The first-order valence-electron chi connectivity index (χ1n) is 10.5. The van der Waals surface area contributed by atoms with E-state index in [2.05, 4.69) is 0 Å². The molecule has 0 fully saturated rings. The molecule has 3 aromatic carbocycles. The molecule has 5 aromatic rings. The van der Waals surface area contributed by atoms with Gasteiger partial charge in [0.1, 0.15) is 5.65 Å². The van der Waals surface area contributed by atoms with Crippen LogP contribution in [0.4, 0.5) is 0 Å². The van der Waals surface area contributed by atoms with Crippen LogP contribution in [-0.2, 0) is 10.0 Å². The molecule has 0 spiro atoms. The van der Waals surface area contributed by atoms with Crippen molar-refractivity contribution in [3.63, 3.8) is 0 Å². The van der Waals surface area contributed by atoms with E-state index in [0.717, 1.165) is 27.4 Å². The fraction of sp³-hybridized carbons (Fsp3) is 0.0385. The number of nitrogens with zero attached hydrogens (tertiary/aromatic N) is 3. The highest BCUT2D eigenvalue weighted by Crippen LogP contribution is 2.49. The van der Waals surface area contributed by atoms with Crippen LogP contribution < -0.4 is 16.0 Å². The van der Waals surface area contributed by atoms with Crippen LogP contribution in [0, 0.1) is 6.92 Å². The first-order chi connectivity index (χ1) is 16.0. The molecular weight excluding hydrogens is 449 g/mol. The lowest BCUT2D eigenvalue weighted by atomic mass is 10.4. The van der Waals surface area contributed by atoms with Crippen molar-refractivity contribution < 1.29 is 8.42 Å². The van der Waals surface area contributed by atoms with Crippen molar-refractivity contribution in [2.75, 3.05) is 0 Å². The van der Waals surface area contributed by atoms with Crippen LogP contribution >= 0.6 is 7.05 Å². The summed E-state index contributed by atoms with van der Waals surface area (Å²) in [6.07, 6.45) is 1.93. The summed E-state index contributed by atoms with van der Waals surface area (Å²) in [7, 11) is -7.03. The lowest BCUT2D eigenvalue weighted by Gasteiger charge is -2.26. The standard InChI is InChI=1S/C26H22N3O2PS/c1-21-26(29-20-12-11-19-25(29)27-21)32(22-13-5-2-6-14-22,23-15-7-3-8-16-23)28-33(30,31)24-17-9-4-10-18-24/h2-20H,1H3. The van der Waals surface area contributed by atoms with Crippen molar-refractivity contribution in [3.8, 4) is 0 Å². The van der Waals surface area contributed by atoms with Crippen LogP contribution in [0.15, 0.2) is 124 Å². The molecule has 0 unspecified atom stereocenters. The highest BCUT2D eigenvalue weighted by atomic mass is 32.2. The SMILES string of the molecule is Cc1nc2ccccn2c1P(=NS(=O)(=O)c1ccccc1)(c1ccccc1)c1ccccc1. The number of sulfonamides is 1. The second-order valence-corrected chi connectivity index (χ2v) is 12.4. The summed E-state index contributed by atoms with van der Waals surface area (Å²) in [5.41, 5.74) is 2.32. The summed E-state index contributed by atoms with van der Waals surface area (Å²) in [5.74, 6) is 0. The average molecular weight is 472 g/mol. The smallest absolute Gasteiger partial charge is 0.281 e. The van der Waals surface area contributed by atoms with Gasteiger partial charge in [0, 0.05) is 16.8 Å². The highest BCUT2D eigenvalue weighted by Gasteiger charge is 2.35. The van der Waals surface area contributed by atoms with Crippen molar-refractivity contribution in [1.29, 1.82) is 0 Å². The topological polar surface area (TPSA) is 63.8 Å². The second-order valence-electron chi connectivity index (χ2n) is 7.63. The number of fused-ring (bicyclic) bond motifs is 1. The Morgan fingerprint density at radius 2 is 1.24 bits per heavy atom. The second kappa shape index (κ2) is 8.47. The van der Waals surface area contributed by atoms with Gasteiger partial charge >= 0.3 is 0 Å². The Labute approximate surface area is 193 Å². The number of aromatic nitrogens is 2. The van der Waals surface area contributed by atoms with Gasteiger partial charge in [-0.15, -0.1) is 0 Å². The van der Waals surface area contributed by atoms with E-state index in [1.807, 2.05) is 96.4 Å². The van der Waals surface area contributed by atoms with Gasteiger partial charge in [0.05, 0.1) is 23.1 Å². The summed E-state index contributed by atoms with van der Waals surface area (Å²) in [5, 5.41) is 1.70. The van der Waals surface area contributed by atoms with E-state index < -0.39 is 17.1 Å². The minimum atomic E-state index is -3.99. The normalized spacial score (nSPS) is 12.0. The quantitative estimate of drug-likeness (QED) is 0.355. The molecule has 164 valence electrons. The number of imidazole rings is 1. The van der Waals surface area contributed by atoms with E-state index in [9.17, 15) is 8.42 Å². The molecule has 7 heteroatoms. The van der Waals surface area contributed by atoms with Gasteiger partial charge in [-0.25, -0.2) is 4.98 Å². The monoisotopic (exact) mass is 471 g/mol. The van der Waals surface area contributed by atoms with E-state index in [1.54, 1.807) is 30.3 Å². The first-order valence-corrected chi connectivity index (χ1v) is 13.7. The summed E-state index contributed by atoms with van der Waals surface area (Å²) in [6.45, 7) is 1.92. The molecule has 0 aliphatic rings. The number of benzene rings is 3. The van der Waals surface area contributed by atoms with Gasteiger partial charge in [0.15, 0.2) is 0 Å². The van der Waals surface area contributed by atoms with Gasteiger partial charge in [0.2, 0.25) is 0 Å². The molecule has 0 atom stereocenters. The molecule has 33 heavy (non-hydrogen) atoms. The summed E-state index contributed by atoms with van der Waals surface area (Å²) < 4.78 is 34.3. The van der Waals surface area contributed by atoms with Crippen LogP contribution in [-0.4, -0.2) is 17.8 Å². The Morgan fingerprint density at radius 1 is 0.727 bits per heavy atom. The van der Waals surface area contributed by atoms with Crippen LogP contribution in [0.3, 0.4) is 0 Å². The number of pyridine rings is 1. The van der Waals surface area contributed by atoms with Crippen LogP contribution in [0.2, 0.25) is 0 Å². The lowest BCUT2D eigenvalue weighted by Crippen LogP contribution is -2.30. The predicted molar refractivity (Wildman–Crippen MR) is 135 cm³/mol. The van der Waals surface area contributed by atoms with Gasteiger partial charge in [-0.2, -0.15) is 12.6 Å². The minimum Gasteiger partial charge on any atom is -0.298 e. The largest absolute Gasteiger partial charge is 0.298 e. The predicted octanol–water partition coefficient (Wildman–Crippen LogP) is 4.51. The average Bonchev–Trinajstić information content (AvgIpc) is 3.20. The highest BCUT2D eigenvalue weighted by molar-refractivity contribution is 7.99. The Kier molecular flexibility index (Phi) is 5.49. The Morgan fingerprint density at radius 3 is 1.82 bits per heavy atom. The Balaban J connectivity index is 2.01. The summed E-state index contributed by atoms with van der Waals surface area (Å²) in [4.78, 5) is 4.94. The van der Waals surface area contributed by atoms with Gasteiger partial charge in [-0.1, -0.05) is 84.9 Å². The maximum atomic E-state index is 13.8. The molecule has 0 aliphatic carbocycles. The molecule has 2 heterocycles.